The molecule has 0 spiro atoms. The first-order chi connectivity index (χ1) is 14.2. The zero-order valence-electron chi connectivity index (χ0n) is 16.4. The third-order valence-electron chi connectivity index (χ3n) is 5.12. The Hall–Kier alpha value is -3.42. The summed E-state index contributed by atoms with van der Waals surface area (Å²) in [4.78, 5) is 16.7. The number of hydrogen-bond acceptors (Lipinski definition) is 6. The molecule has 0 atom stereocenters. The van der Waals surface area contributed by atoms with Gasteiger partial charge in [-0.2, -0.15) is 5.10 Å². The Kier molecular flexibility index (Phi) is 5.69. The number of amides is 1. The van der Waals surface area contributed by atoms with Gasteiger partial charge in [0.2, 0.25) is 5.91 Å². The Morgan fingerprint density at radius 1 is 1.00 bits per heavy atom. The second-order valence-corrected chi connectivity index (χ2v) is 6.92. The first kappa shape index (κ1) is 18.9. The molecule has 0 unspecified atom stereocenters. The minimum atomic E-state index is 0.195. The van der Waals surface area contributed by atoms with E-state index in [0.29, 0.717) is 25.3 Å². The van der Waals surface area contributed by atoms with E-state index in [-0.39, 0.29) is 5.91 Å². The molecule has 0 N–H and O–H groups in total. The molecule has 0 saturated carbocycles. The van der Waals surface area contributed by atoms with Gasteiger partial charge in [-0.25, -0.2) is 4.68 Å². The summed E-state index contributed by atoms with van der Waals surface area (Å²) >= 11 is 0. The minimum Gasteiger partial charge on any atom is -0.497 e. The van der Waals surface area contributed by atoms with Crippen molar-refractivity contribution in [1.82, 2.24) is 24.9 Å². The third-order valence-corrected chi connectivity index (χ3v) is 5.12. The molecule has 1 aromatic carbocycles. The zero-order valence-corrected chi connectivity index (χ0v) is 16.4. The highest BCUT2D eigenvalue weighted by molar-refractivity contribution is 5.76. The molecule has 29 heavy (non-hydrogen) atoms. The Balaban J connectivity index is 1.26. The maximum absolute atomic E-state index is 12.6. The van der Waals surface area contributed by atoms with Gasteiger partial charge in [0.05, 0.1) is 7.11 Å². The van der Waals surface area contributed by atoms with Crippen molar-refractivity contribution in [2.24, 2.45) is 0 Å². The van der Waals surface area contributed by atoms with Gasteiger partial charge in [0.15, 0.2) is 11.6 Å². The maximum atomic E-state index is 12.6. The summed E-state index contributed by atoms with van der Waals surface area (Å²) in [6.07, 6.45) is 4.80. The van der Waals surface area contributed by atoms with Crippen molar-refractivity contribution in [2.45, 2.75) is 12.8 Å². The van der Waals surface area contributed by atoms with Crippen LogP contribution < -0.4 is 9.64 Å². The van der Waals surface area contributed by atoms with E-state index in [1.54, 1.807) is 18.0 Å². The Labute approximate surface area is 169 Å². The molecule has 3 heterocycles. The summed E-state index contributed by atoms with van der Waals surface area (Å²) in [5.41, 5.74) is 1.14. The zero-order chi connectivity index (χ0) is 20.1. The predicted octanol–water partition coefficient (Wildman–Crippen LogP) is 1.95. The second kappa shape index (κ2) is 8.72. The van der Waals surface area contributed by atoms with Crippen molar-refractivity contribution in [3.05, 3.63) is 60.4 Å². The lowest BCUT2D eigenvalue weighted by atomic mass is 10.1. The second-order valence-electron chi connectivity index (χ2n) is 6.92. The molecular formula is C21H24N6O2. The van der Waals surface area contributed by atoms with Crippen molar-refractivity contribution >= 4 is 11.7 Å². The van der Waals surface area contributed by atoms with Gasteiger partial charge < -0.3 is 14.5 Å². The molecule has 1 fully saturated rings. The van der Waals surface area contributed by atoms with Gasteiger partial charge in [-0.05, 0) is 42.3 Å². The monoisotopic (exact) mass is 392 g/mol. The molecule has 1 amide bonds. The fourth-order valence-corrected chi connectivity index (χ4v) is 3.40. The highest BCUT2D eigenvalue weighted by atomic mass is 16.5. The number of anilines is 1. The molecule has 0 aliphatic carbocycles. The van der Waals surface area contributed by atoms with Crippen LogP contribution in [0.5, 0.6) is 5.75 Å². The number of carbonyl (C=O) groups excluding carboxylic acids is 1. The predicted molar refractivity (Wildman–Crippen MR) is 109 cm³/mol. The summed E-state index contributed by atoms with van der Waals surface area (Å²) in [5, 5.41) is 12.7. The quantitative estimate of drug-likeness (QED) is 0.638. The molecule has 8 heteroatoms. The van der Waals surface area contributed by atoms with Gasteiger partial charge in [0.25, 0.3) is 0 Å². The summed E-state index contributed by atoms with van der Waals surface area (Å²) in [5.74, 6) is 2.54. The van der Waals surface area contributed by atoms with Gasteiger partial charge in [-0.1, -0.05) is 12.1 Å². The van der Waals surface area contributed by atoms with Crippen LogP contribution in [-0.2, 0) is 11.2 Å². The fourth-order valence-electron chi connectivity index (χ4n) is 3.40. The molecule has 150 valence electrons. The number of ether oxygens (including phenoxy) is 1. The van der Waals surface area contributed by atoms with E-state index in [4.69, 9.17) is 4.74 Å². The Bertz CT molecular complexity index is 917. The fraction of sp³-hybridized carbons (Fsp3) is 0.333. The van der Waals surface area contributed by atoms with E-state index in [2.05, 4.69) is 20.2 Å². The van der Waals surface area contributed by atoms with E-state index in [1.165, 1.54) is 0 Å². The van der Waals surface area contributed by atoms with E-state index >= 15 is 0 Å². The standard InChI is InChI=1S/C21H24N6O2/c1-29-18-6-3-17(4-7-18)5-10-21(28)26-15-13-25(14-16-26)19-8-9-20(24-23-19)27-12-2-11-22-27/h2-4,6-9,11-12H,5,10,13-16H2,1H3. The maximum Gasteiger partial charge on any atom is 0.223 e. The first-order valence-electron chi connectivity index (χ1n) is 9.72. The van der Waals surface area contributed by atoms with Crippen molar-refractivity contribution in [3.8, 4) is 11.6 Å². The molecule has 8 nitrogen and oxygen atoms in total. The number of carbonyl (C=O) groups is 1. The van der Waals surface area contributed by atoms with E-state index < -0.39 is 0 Å². The number of aromatic nitrogens is 4. The smallest absolute Gasteiger partial charge is 0.223 e. The number of benzene rings is 1. The average Bonchev–Trinajstić information content (AvgIpc) is 3.33. The highest BCUT2D eigenvalue weighted by Gasteiger charge is 2.22. The van der Waals surface area contributed by atoms with Gasteiger partial charge >= 0.3 is 0 Å². The summed E-state index contributed by atoms with van der Waals surface area (Å²) in [7, 11) is 1.65. The normalized spacial score (nSPS) is 14.1. The first-order valence-corrected chi connectivity index (χ1v) is 9.72. The van der Waals surface area contributed by atoms with E-state index in [9.17, 15) is 4.79 Å². The van der Waals surface area contributed by atoms with Gasteiger partial charge in [-0.15, -0.1) is 10.2 Å². The van der Waals surface area contributed by atoms with Crippen LogP contribution in [0.3, 0.4) is 0 Å². The van der Waals surface area contributed by atoms with Gasteiger partial charge in [-0.3, -0.25) is 4.79 Å². The molecular weight excluding hydrogens is 368 g/mol. The number of rotatable bonds is 6. The largest absolute Gasteiger partial charge is 0.497 e. The topological polar surface area (TPSA) is 76.4 Å². The van der Waals surface area contributed by atoms with Crippen molar-refractivity contribution in [1.29, 1.82) is 0 Å². The average molecular weight is 392 g/mol. The molecule has 0 radical (unpaired) electrons. The van der Waals surface area contributed by atoms with Crippen LogP contribution in [-0.4, -0.2) is 64.1 Å². The number of methoxy groups -OCH3 is 1. The Morgan fingerprint density at radius 2 is 1.72 bits per heavy atom. The van der Waals surface area contributed by atoms with Crippen LogP contribution in [0, 0.1) is 0 Å². The number of piperazine rings is 1. The molecule has 0 bridgehead atoms. The molecule has 3 aromatic rings. The van der Waals surface area contributed by atoms with Crippen molar-refractivity contribution < 1.29 is 9.53 Å². The lowest BCUT2D eigenvalue weighted by Crippen LogP contribution is -2.49. The van der Waals surface area contributed by atoms with Crippen LogP contribution in [0.15, 0.2) is 54.9 Å². The molecule has 1 aliphatic heterocycles. The third kappa shape index (κ3) is 4.53. The SMILES string of the molecule is COc1ccc(CCC(=O)N2CCN(c3ccc(-n4cccn4)nn3)CC2)cc1. The van der Waals surface area contributed by atoms with Crippen LogP contribution in [0.1, 0.15) is 12.0 Å². The summed E-state index contributed by atoms with van der Waals surface area (Å²) < 4.78 is 6.84. The van der Waals surface area contributed by atoms with E-state index in [1.807, 2.05) is 53.6 Å². The van der Waals surface area contributed by atoms with Gasteiger partial charge in [0, 0.05) is 45.0 Å². The molecule has 2 aromatic heterocycles. The summed E-state index contributed by atoms with van der Waals surface area (Å²) in [6, 6.07) is 13.6. The minimum absolute atomic E-state index is 0.195. The lowest BCUT2D eigenvalue weighted by molar-refractivity contribution is -0.131. The van der Waals surface area contributed by atoms with Crippen LogP contribution in [0.4, 0.5) is 5.82 Å². The lowest BCUT2D eigenvalue weighted by Gasteiger charge is -2.35. The summed E-state index contributed by atoms with van der Waals surface area (Å²) in [6.45, 7) is 2.90. The van der Waals surface area contributed by atoms with Crippen LogP contribution >= 0.6 is 0 Å². The number of hydrogen-bond donors (Lipinski definition) is 0. The van der Waals surface area contributed by atoms with E-state index in [0.717, 1.165) is 36.6 Å². The van der Waals surface area contributed by atoms with Crippen LogP contribution in [0.25, 0.3) is 5.82 Å². The molecule has 1 saturated heterocycles. The Morgan fingerprint density at radius 3 is 2.34 bits per heavy atom. The van der Waals surface area contributed by atoms with Crippen LogP contribution in [0.2, 0.25) is 0 Å². The number of aryl methyl sites for hydroxylation is 1. The van der Waals surface area contributed by atoms with Gasteiger partial charge in [0.1, 0.15) is 5.75 Å². The molecule has 1 aliphatic rings. The highest BCUT2D eigenvalue weighted by Crippen LogP contribution is 2.16. The van der Waals surface area contributed by atoms with Crippen molar-refractivity contribution in [2.75, 3.05) is 38.2 Å². The number of nitrogens with zero attached hydrogens (tertiary/aromatic N) is 6. The molecule has 4 rings (SSSR count). The van der Waals surface area contributed by atoms with Crippen molar-refractivity contribution in [3.63, 3.8) is 0 Å².